The number of aliphatic carboxylic acids is 1. The number of carbonyl (C=O) groups is 1. The number of halogens is 5. The van der Waals surface area contributed by atoms with Gasteiger partial charge in [-0.25, -0.2) is 8.78 Å². The molecule has 1 heterocycles. The van der Waals surface area contributed by atoms with E-state index in [0.717, 1.165) is 7.11 Å². The number of methoxy groups -OCH3 is 1. The summed E-state index contributed by atoms with van der Waals surface area (Å²) >= 11 is 0. The molecular formula is C10H8F5NO3. The molecule has 0 amide bonds. The van der Waals surface area contributed by atoms with Gasteiger partial charge in [0.1, 0.15) is 5.69 Å². The average Bonchev–Trinajstić information content (AvgIpc) is 2.25. The largest absolute Gasteiger partial charge is 0.494 e. The lowest BCUT2D eigenvalue weighted by Gasteiger charge is -2.17. The van der Waals surface area contributed by atoms with Crippen molar-refractivity contribution in [3.63, 3.8) is 0 Å². The van der Waals surface area contributed by atoms with Crippen LogP contribution in [0.1, 0.15) is 23.2 Å². The van der Waals surface area contributed by atoms with Gasteiger partial charge in [0.25, 0.3) is 6.43 Å². The van der Waals surface area contributed by atoms with Crippen LogP contribution in [-0.2, 0) is 17.4 Å². The molecule has 1 rings (SSSR count). The van der Waals surface area contributed by atoms with Gasteiger partial charge in [-0.1, -0.05) is 0 Å². The Bertz CT molecular complexity index is 487. The molecule has 9 heteroatoms. The third-order valence-corrected chi connectivity index (χ3v) is 2.21. The van der Waals surface area contributed by atoms with Crippen LogP contribution in [0.5, 0.6) is 5.75 Å². The predicted molar refractivity (Wildman–Crippen MR) is 52.1 cm³/mol. The van der Waals surface area contributed by atoms with Gasteiger partial charge >= 0.3 is 12.1 Å². The topological polar surface area (TPSA) is 59.4 Å². The Labute approximate surface area is 103 Å². The minimum absolute atomic E-state index is 0.183. The van der Waals surface area contributed by atoms with E-state index in [2.05, 4.69) is 9.72 Å². The SMILES string of the molecule is COc1c(C(F)F)ncc(C(F)(F)F)c1CC(=O)O. The highest BCUT2D eigenvalue weighted by molar-refractivity contribution is 5.72. The van der Waals surface area contributed by atoms with E-state index >= 15 is 0 Å². The number of carboxylic acid groups (broad SMARTS) is 1. The van der Waals surface area contributed by atoms with E-state index < -0.39 is 47.6 Å². The number of rotatable bonds is 4. The van der Waals surface area contributed by atoms with E-state index in [1.165, 1.54) is 0 Å². The summed E-state index contributed by atoms with van der Waals surface area (Å²) in [5, 5.41) is 8.58. The van der Waals surface area contributed by atoms with Crippen molar-refractivity contribution >= 4 is 5.97 Å². The lowest BCUT2D eigenvalue weighted by molar-refractivity contribution is -0.140. The third kappa shape index (κ3) is 3.30. The summed E-state index contributed by atoms with van der Waals surface area (Å²) in [6.45, 7) is 0. The third-order valence-electron chi connectivity index (χ3n) is 2.21. The van der Waals surface area contributed by atoms with Crippen LogP contribution in [0.4, 0.5) is 22.0 Å². The molecular weight excluding hydrogens is 277 g/mol. The van der Waals surface area contributed by atoms with Crippen molar-refractivity contribution in [2.24, 2.45) is 0 Å². The average molecular weight is 285 g/mol. The first kappa shape index (κ1) is 15.1. The highest BCUT2D eigenvalue weighted by atomic mass is 19.4. The fraction of sp³-hybridized carbons (Fsp3) is 0.400. The van der Waals surface area contributed by atoms with Gasteiger partial charge in [-0.3, -0.25) is 9.78 Å². The molecule has 0 aliphatic rings. The maximum Gasteiger partial charge on any atom is 0.418 e. The van der Waals surface area contributed by atoms with Crippen molar-refractivity contribution in [3.05, 3.63) is 23.0 Å². The summed E-state index contributed by atoms with van der Waals surface area (Å²) in [5.41, 5.74) is -3.30. The molecule has 0 radical (unpaired) electrons. The van der Waals surface area contributed by atoms with Crippen molar-refractivity contribution in [2.45, 2.75) is 19.0 Å². The van der Waals surface area contributed by atoms with E-state index in [1.54, 1.807) is 0 Å². The van der Waals surface area contributed by atoms with Gasteiger partial charge in [0, 0.05) is 11.8 Å². The van der Waals surface area contributed by atoms with E-state index in [9.17, 15) is 26.7 Å². The highest BCUT2D eigenvalue weighted by Crippen LogP contribution is 2.39. The van der Waals surface area contributed by atoms with Crippen LogP contribution in [0.3, 0.4) is 0 Å². The molecule has 0 aliphatic heterocycles. The second-order valence-corrected chi connectivity index (χ2v) is 3.44. The Hall–Kier alpha value is -1.93. The first-order valence-corrected chi connectivity index (χ1v) is 4.81. The molecule has 0 bridgehead atoms. The van der Waals surface area contributed by atoms with E-state index in [1.807, 2.05) is 0 Å². The normalized spacial score (nSPS) is 11.7. The molecule has 0 fully saturated rings. The van der Waals surface area contributed by atoms with Gasteiger partial charge in [0.2, 0.25) is 0 Å². The summed E-state index contributed by atoms with van der Waals surface area (Å²) in [6, 6.07) is 0. The molecule has 0 unspecified atom stereocenters. The molecule has 0 spiro atoms. The number of carboxylic acids is 1. The second kappa shape index (κ2) is 5.37. The minimum atomic E-state index is -4.91. The van der Waals surface area contributed by atoms with Crippen LogP contribution >= 0.6 is 0 Å². The van der Waals surface area contributed by atoms with Crippen molar-refractivity contribution in [2.75, 3.05) is 7.11 Å². The summed E-state index contributed by atoms with van der Waals surface area (Å²) in [7, 11) is 0.869. The second-order valence-electron chi connectivity index (χ2n) is 3.44. The fourth-order valence-electron chi connectivity index (χ4n) is 1.50. The molecule has 1 N–H and O–H groups in total. The van der Waals surface area contributed by atoms with Crippen LogP contribution in [-0.4, -0.2) is 23.2 Å². The van der Waals surface area contributed by atoms with Gasteiger partial charge in [-0.15, -0.1) is 0 Å². The lowest BCUT2D eigenvalue weighted by Crippen LogP contribution is -2.16. The number of nitrogens with zero attached hydrogens (tertiary/aromatic N) is 1. The van der Waals surface area contributed by atoms with Gasteiger partial charge in [-0.2, -0.15) is 13.2 Å². The molecule has 4 nitrogen and oxygen atoms in total. The number of hydrogen-bond donors (Lipinski definition) is 1. The van der Waals surface area contributed by atoms with Crippen molar-refractivity contribution in [1.82, 2.24) is 4.98 Å². The van der Waals surface area contributed by atoms with Crippen molar-refractivity contribution < 1.29 is 36.6 Å². The van der Waals surface area contributed by atoms with E-state index in [4.69, 9.17) is 5.11 Å². The Morgan fingerprint density at radius 2 is 2.05 bits per heavy atom. The molecule has 0 aromatic carbocycles. The van der Waals surface area contributed by atoms with Gasteiger partial charge in [0.15, 0.2) is 5.75 Å². The highest BCUT2D eigenvalue weighted by Gasteiger charge is 2.37. The quantitative estimate of drug-likeness (QED) is 0.864. The van der Waals surface area contributed by atoms with Crippen LogP contribution in [0.25, 0.3) is 0 Å². The van der Waals surface area contributed by atoms with Gasteiger partial charge < -0.3 is 9.84 Å². The summed E-state index contributed by atoms with van der Waals surface area (Å²) in [5.74, 6) is -2.46. The van der Waals surface area contributed by atoms with Crippen LogP contribution in [0, 0.1) is 0 Å². The van der Waals surface area contributed by atoms with Crippen LogP contribution < -0.4 is 4.74 Å². The first-order valence-electron chi connectivity index (χ1n) is 4.81. The number of pyridine rings is 1. The lowest BCUT2D eigenvalue weighted by atomic mass is 10.0. The molecule has 106 valence electrons. The Kier molecular flexibility index (Phi) is 4.28. The number of hydrogen-bond acceptors (Lipinski definition) is 3. The summed E-state index contributed by atoms with van der Waals surface area (Å²) < 4.78 is 67.7. The van der Waals surface area contributed by atoms with Crippen LogP contribution in [0.2, 0.25) is 0 Å². The summed E-state index contributed by atoms with van der Waals surface area (Å²) in [4.78, 5) is 13.6. The molecule has 0 saturated heterocycles. The van der Waals surface area contributed by atoms with Crippen LogP contribution in [0.15, 0.2) is 6.20 Å². The van der Waals surface area contributed by atoms with Crippen molar-refractivity contribution in [1.29, 1.82) is 0 Å². The molecule has 0 aliphatic carbocycles. The van der Waals surface area contributed by atoms with Gasteiger partial charge in [0.05, 0.1) is 19.1 Å². The number of aromatic nitrogens is 1. The zero-order chi connectivity index (χ0) is 14.8. The standard InChI is InChI=1S/C10H8F5NO3/c1-19-8-4(2-6(17)18)5(10(13,14)15)3-16-7(8)9(11)12/h3,9H,2H2,1H3,(H,17,18). The first-order chi connectivity index (χ1) is 8.68. The molecule has 0 atom stereocenters. The monoisotopic (exact) mass is 285 g/mol. The minimum Gasteiger partial charge on any atom is -0.494 e. The zero-order valence-corrected chi connectivity index (χ0v) is 9.46. The van der Waals surface area contributed by atoms with E-state index in [-0.39, 0.29) is 6.20 Å². The fourth-order valence-corrected chi connectivity index (χ4v) is 1.50. The maximum absolute atomic E-state index is 12.7. The van der Waals surface area contributed by atoms with Crippen molar-refractivity contribution in [3.8, 4) is 5.75 Å². The molecule has 1 aromatic heterocycles. The molecule has 1 aromatic rings. The molecule has 19 heavy (non-hydrogen) atoms. The maximum atomic E-state index is 12.7. The van der Waals surface area contributed by atoms with E-state index in [0.29, 0.717) is 0 Å². The number of alkyl halides is 5. The number of ether oxygens (including phenoxy) is 1. The smallest absolute Gasteiger partial charge is 0.418 e. The van der Waals surface area contributed by atoms with Gasteiger partial charge in [-0.05, 0) is 0 Å². The Morgan fingerprint density at radius 3 is 2.42 bits per heavy atom. The predicted octanol–water partition coefficient (Wildman–Crippen LogP) is 2.67. The zero-order valence-electron chi connectivity index (χ0n) is 9.46. The molecule has 0 saturated carbocycles. The summed E-state index contributed by atoms with van der Waals surface area (Å²) in [6.07, 6.45) is -9.00. The Morgan fingerprint density at radius 1 is 1.47 bits per heavy atom. The Balaban J connectivity index is 3.55.